The zero-order chi connectivity index (χ0) is 13.7. The third-order valence-electron chi connectivity index (χ3n) is 4.06. The van der Waals surface area contributed by atoms with Gasteiger partial charge in [0.15, 0.2) is 0 Å². The molecule has 2 aliphatic rings. The van der Waals surface area contributed by atoms with E-state index in [9.17, 15) is 0 Å². The molecular weight excluding hydrogens is 351 g/mol. The molecule has 3 atom stereocenters. The second-order valence-electron chi connectivity index (χ2n) is 5.41. The molecule has 1 saturated heterocycles. The Balaban J connectivity index is 1.82. The van der Waals surface area contributed by atoms with E-state index in [0.29, 0.717) is 32.0 Å². The number of ether oxygens (including phenoxy) is 1. The van der Waals surface area contributed by atoms with E-state index in [0.717, 1.165) is 10.4 Å². The fourth-order valence-electron chi connectivity index (χ4n) is 3.13. The average molecular weight is 379 g/mol. The van der Waals surface area contributed by atoms with E-state index in [4.69, 9.17) is 14.0 Å². The monoisotopic (exact) mass is 380 g/mol. The van der Waals surface area contributed by atoms with Crippen molar-refractivity contribution in [2.24, 2.45) is 5.92 Å². The summed E-state index contributed by atoms with van der Waals surface area (Å²) >= 11 is -3.25. The predicted octanol–water partition coefficient (Wildman–Crippen LogP) is 2.99. The molecule has 0 spiro atoms. The van der Waals surface area contributed by atoms with Crippen molar-refractivity contribution >= 4 is 19.6 Å². The van der Waals surface area contributed by atoms with Crippen LogP contribution in [0.25, 0.3) is 0 Å². The molecule has 19 heavy (non-hydrogen) atoms. The molecule has 0 radical (unpaired) electrons. The zero-order valence-electron chi connectivity index (χ0n) is 12.5. The predicted molar refractivity (Wildman–Crippen MR) is 76.1 cm³/mol. The SMILES string of the molecule is CC[O][Sn]([CH2]CC1CCC2OC2C1)([O]CC)[O]CC. The van der Waals surface area contributed by atoms with Gasteiger partial charge in [0.2, 0.25) is 0 Å². The molecule has 3 unspecified atom stereocenters. The molecule has 1 saturated carbocycles. The maximum atomic E-state index is 5.97. The molecule has 0 aromatic rings. The summed E-state index contributed by atoms with van der Waals surface area (Å²) in [7, 11) is 0. The van der Waals surface area contributed by atoms with Crippen LogP contribution in [-0.2, 0) is 14.0 Å². The van der Waals surface area contributed by atoms with Gasteiger partial charge in [-0.3, -0.25) is 0 Å². The summed E-state index contributed by atoms with van der Waals surface area (Å²) < 4.78 is 24.5. The van der Waals surface area contributed by atoms with Crippen LogP contribution in [0.2, 0.25) is 4.44 Å². The van der Waals surface area contributed by atoms with Crippen LogP contribution in [0.3, 0.4) is 0 Å². The zero-order valence-corrected chi connectivity index (χ0v) is 15.4. The van der Waals surface area contributed by atoms with Gasteiger partial charge in [-0.2, -0.15) is 0 Å². The molecule has 5 heteroatoms. The quantitative estimate of drug-likeness (QED) is 0.456. The van der Waals surface area contributed by atoms with Gasteiger partial charge in [-0.1, -0.05) is 0 Å². The van der Waals surface area contributed by atoms with Gasteiger partial charge >= 0.3 is 122 Å². The van der Waals surface area contributed by atoms with Crippen LogP contribution in [0.1, 0.15) is 46.5 Å². The van der Waals surface area contributed by atoms with Crippen LogP contribution < -0.4 is 0 Å². The Morgan fingerprint density at radius 1 is 0.947 bits per heavy atom. The summed E-state index contributed by atoms with van der Waals surface area (Å²) in [6.07, 6.45) is 6.12. The molecule has 0 aromatic carbocycles. The van der Waals surface area contributed by atoms with E-state index >= 15 is 0 Å². The van der Waals surface area contributed by atoms with Crippen LogP contribution in [0.15, 0.2) is 0 Å². The molecule has 1 aliphatic carbocycles. The minimum atomic E-state index is -3.25. The Kier molecular flexibility index (Phi) is 6.40. The van der Waals surface area contributed by atoms with E-state index in [1.54, 1.807) is 0 Å². The molecule has 2 fully saturated rings. The number of fused-ring (bicyclic) bond motifs is 1. The summed E-state index contributed by atoms with van der Waals surface area (Å²) in [6, 6.07) is 0. The first-order chi connectivity index (χ1) is 9.23. The molecule has 112 valence electrons. The summed E-state index contributed by atoms with van der Waals surface area (Å²) in [4.78, 5) is 0. The van der Waals surface area contributed by atoms with E-state index in [-0.39, 0.29) is 0 Å². The molecule has 2 rings (SSSR count). The summed E-state index contributed by atoms with van der Waals surface area (Å²) in [6.45, 7) is 8.21. The molecule has 0 N–H and O–H groups in total. The van der Waals surface area contributed by atoms with Crippen molar-refractivity contribution in [1.29, 1.82) is 0 Å². The molecule has 0 bridgehead atoms. The molecule has 0 amide bonds. The second-order valence-corrected chi connectivity index (χ2v) is 13.2. The molecular formula is C14H28O4Sn. The Morgan fingerprint density at radius 2 is 1.58 bits per heavy atom. The fourth-order valence-corrected chi connectivity index (χ4v) is 11.0. The number of hydrogen-bond donors (Lipinski definition) is 0. The average Bonchev–Trinajstić information content (AvgIpc) is 3.16. The van der Waals surface area contributed by atoms with Gasteiger partial charge in [-0.25, -0.2) is 0 Å². The van der Waals surface area contributed by atoms with Gasteiger partial charge in [0.05, 0.1) is 0 Å². The van der Waals surface area contributed by atoms with Crippen LogP contribution in [0, 0.1) is 5.92 Å². The summed E-state index contributed by atoms with van der Waals surface area (Å²) in [5.41, 5.74) is 0. The number of rotatable bonds is 9. The van der Waals surface area contributed by atoms with Crippen LogP contribution >= 0.6 is 0 Å². The van der Waals surface area contributed by atoms with Crippen LogP contribution in [0.4, 0.5) is 0 Å². The molecule has 0 aromatic heterocycles. The first kappa shape index (κ1) is 16.0. The third-order valence-corrected chi connectivity index (χ3v) is 12.9. The molecule has 1 heterocycles. The normalized spacial score (nSPS) is 30.2. The van der Waals surface area contributed by atoms with Gasteiger partial charge in [-0.15, -0.1) is 0 Å². The van der Waals surface area contributed by atoms with E-state index in [2.05, 4.69) is 0 Å². The molecule has 1 aliphatic heterocycles. The van der Waals surface area contributed by atoms with Crippen molar-refractivity contribution in [3.63, 3.8) is 0 Å². The van der Waals surface area contributed by atoms with Gasteiger partial charge in [0, 0.05) is 0 Å². The van der Waals surface area contributed by atoms with Crippen molar-refractivity contribution in [1.82, 2.24) is 0 Å². The molecule has 4 nitrogen and oxygen atoms in total. The van der Waals surface area contributed by atoms with Crippen molar-refractivity contribution in [3.05, 3.63) is 0 Å². The first-order valence-electron chi connectivity index (χ1n) is 7.80. The Labute approximate surface area is 122 Å². The standard InChI is InChI=1S/C8H13O.3C2H5O.Sn/c1-2-6-3-4-7-8(5-6)9-7;3*1-2-3;/h6-8H,1-5H2;3*2H2,1H3;/q;3*-1;+3. The Hall–Kier alpha value is 0.639. The van der Waals surface area contributed by atoms with E-state index in [1.165, 1.54) is 25.7 Å². The van der Waals surface area contributed by atoms with E-state index < -0.39 is 19.6 Å². The Bertz CT molecular complexity index is 257. The van der Waals surface area contributed by atoms with Crippen molar-refractivity contribution < 1.29 is 14.0 Å². The fraction of sp³-hybridized carbons (Fsp3) is 1.00. The summed E-state index contributed by atoms with van der Waals surface area (Å²) in [5, 5.41) is 0. The Morgan fingerprint density at radius 3 is 2.11 bits per heavy atom. The third kappa shape index (κ3) is 4.56. The topological polar surface area (TPSA) is 40.2 Å². The van der Waals surface area contributed by atoms with Crippen molar-refractivity contribution in [2.75, 3.05) is 19.8 Å². The second kappa shape index (κ2) is 7.59. The summed E-state index contributed by atoms with van der Waals surface area (Å²) in [5.74, 6) is 0.779. The van der Waals surface area contributed by atoms with Crippen LogP contribution in [0.5, 0.6) is 0 Å². The number of hydrogen-bond acceptors (Lipinski definition) is 4. The number of epoxide rings is 1. The van der Waals surface area contributed by atoms with Gasteiger partial charge in [0.1, 0.15) is 0 Å². The van der Waals surface area contributed by atoms with Crippen molar-refractivity contribution in [3.8, 4) is 0 Å². The van der Waals surface area contributed by atoms with Gasteiger partial charge < -0.3 is 0 Å². The van der Waals surface area contributed by atoms with Crippen molar-refractivity contribution in [2.45, 2.75) is 63.1 Å². The minimum absolute atomic E-state index is 0.564. The van der Waals surface area contributed by atoms with E-state index in [1.807, 2.05) is 20.8 Å². The van der Waals surface area contributed by atoms with Crippen LogP contribution in [-0.4, -0.2) is 51.6 Å². The maximum absolute atomic E-state index is 5.97. The van der Waals surface area contributed by atoms with Gasteiger partial charge in [0.25, 0.3) is 0 Å². The first-order valence-corrected chi connectivity index (χ1v) is 13.3. The van der Waals surface area contributed by atoms with Gasteiger partial charge in [-0.05, 0) is 0 Å².